The van der Waals surface area contributed by atoms with E-state index >= 15 is 0 Å². The summed E-state index contributed by atoms with van der Waals surface area (Å²) in [7, 11) is 0. The van der Waals surface area contributed by atoms with Crippen LogP contribution in [-0.4, -0.2) is 22.8 Å². The number of aromatic amines is 1. The average molecular weight is 336 g/mol. The number of esters is 1. The highest BCUT2D eigenvalue weighted by atomic mass is 16.5. The molecule has 2 heterocycles. The van der Waals surface area contributed by atoms with Crippen LogP contribution < -0.4 is 5.32 Å². The monoisotopic (exact) mass is 336 g/mol. The largest absolute Gasteiger partial charge is 0.463 e. The minimum atomic E-state index is -0.383. The molecule has 128 valence electrons. The van der Waals surface area contributed by atoms with Gasteiger partial charge in [-0.1, -0.05) is 31.5 Å². The summed E-state index contributed by atoms with van der Waals surface area (Å²) >= 11 is 0. The highest BCUT2D eigenvalue weighted by Gasteiger charge is 2.36. The first-order valence-electron chi connectivity index (χ1n) is 8.41. The highest BCUT2D eigenvalue weighted by molar-refractivity contribution is 5.94. The molecule has 1 aliphatic rings. The lowest BCUT2D eigenvalue weighted by atomic mass is 9.80. The maximum absolute atomic E-state index is 12.8. The van der Waals surface area contributed by atoms with Gasteiger partial charge in [0.1, 0.15) is 0 Å². The Kier molecular flexibility index (Phi) is 4.85. The number of anilines is 1. The fraction of sp³-hybridized carbons (Fsp3) is 0.316. The van der Waals surface area contributed by atoms with Crippen molar-refractivity contribution in [3.63, 3.8) is 0 Å². The van der Waals surface area contributed by atoms with Crippen molar-refractivity contribution in [3.05, 3.63) is 58.4 Å². The number of carbonyl (C=O) groups excluding carboxylic acids is 1. The lowest BCUT2D eigenvalue weighted by molar-refractivity contribution is -0.138. The molecular weight excluding hydrogens is 316 g/mol. The molecule has 25 heavy (non-hydrogen) atoms. The van der Waals surface area contributed by atoms with Crippen LogP contribution in [-0.2, 0) is 9.53 Å². The Labute approximate surface area is 146 Å². The van der Waals surface area contributed by atoms with Crippen molar-refractivity contribution in [1.82, 2.24) is 10.2 Å². The van der Waals surface area contributed by atoms with E-state index in [1.807, 2.05) is 18.2 Å². The molecule has 0 fully saturated rings. The van der Waals surface area contributed by atoms with Crippen molar-refractivity contribution in [2.45, 2.75) is 32.6 Å². The minimum Gasteiger partial charge on any atom is -0.463 e. The Hall–Kier alpha value is -3.07. The molecule has 1 atom stereocenters. The number of fused-ring (bicyclic) bond motifs is 1. The number of H-pyrrole nitrogens is 1. The Morgan fingerprint density at radius 3 is 2.84 bits per heavy atom. The van der Waals surface area contributed by atoms with Gasteiger partial charge in [-0.15, -0.1) is 0 Å². The normalized spacial score (nSPS) is 16.0. The molecule has 0 saturated heterocycles. The van der Waals surface area contributed by atoms with Crippen LogP contribution in [0.1, 0.15) is 49.3 Å². The number of benzene rings is 1. The van der Waals surface area contributed by atoms with E-state index in [4.69, 9.17) is 4.74 Å². The summed E-state index contributed by atoms with van der Waals surface area (Å²) in [5.41, 5.74) is 3.52. The Morgan fingerprint density at radius 2 is 2.12 bits per heavy atom. The molecule has 0 radical (unpaired) electrons. The maximum Gasteiger partial charge on any atom is 0.336 e. The Morgan fingerprint density at radius 1 is 1.32 bits per heavy atom. The maximum atomic E-state index is 12.8. The van der Waals surface area contributed by atoms with Gasteiger partial charge in [-0.05, 0) is 25.0 Å². The van der Waals surface area contributed by atoms with Crippen molar-refractivity contribution in [3.8, 4) is 6.07 Å². The van der Waals surface area contributed by atoms with Crippen LogP contribution in [0.15, 0.2) is 41.7 Å². The van der Waals surface area contributed by atoms with Crippen LogP contribution in [0.25, 0.3) is 0 Å². The first-order valence-corrected chi connectivity index (χ1v) is 8.41. The average Bonchev–Trinajstić information content (AvgIpc) is 3.09. The summed E-state index contributed by atoms with van der Waals surface area (Å²) in [5.74, 6) is -0.0521. The second kappa shape index (κ2) is 7.22. The van der Waals surface area contributed by atoms with Gasteiger partial charge in [0.2, 0.25) is 0 Å². The molecule has 0 bridgehead atoms. The van der Waals surface area contributed by atoms with E-state index in [0.29, 0.717) is 30.0 Å². The van der Waals surface area contributed by atoms with E-state index in [-0.39, 0.29) is 11.9 Å². The number of nitriles is 1. The molecule has 1 aliphatic heterocycles. The smallest absolute Gasteiger partial charge is 0.336 e. The first-order chi connectivity index (χ1) is 12.2. The van der Waals surface area contributed by atoms with E-state index < -0.39 is 0 Å². The summed E-state index contributed by atoms with van der Waals surface area (Å²) in [6, 6.07) is 9.57. The molecule has 3 rings (SSSR count). The van der Waals surface area contributed by atoms with Gasteiger partial charge in [0.15, 0.2) is 5.82 Å². The van der Waals surface area contributed by atoms with Crippen LogP contribution in [0, 0.1) is 11.3 Å². The summed E-state index contributed by atoms with van der Waals surface area (Å²) in [6.07, 6.45) is 3.34. The highest BCUT2D eigenvalue weighted by Crippen LogP contribution is 2.43. The number of nitrogens with zero attached hydrogens (tertiary/aromatic N) is 2. The van der Waals surface area contributed by atoms with Crippen LogP contribution in [0.4, 0.5) is 5.82 Å². The molecule has 2 N–H and O–H groups in total. The van der Waals surface area contributed by atoms with E-state index in [9.17, 15) is 10.1 Å². The summed E-state index contributed by atoms with van der Waals surface area (Å²) in [6.45, 7) is 4.14. The molecule has 1 aromatic carbocycles. The third-order valence-electron chi connectivity index (χ3n) is 4.25. The predicted octanol–water partition coefficient (Wildman–Crippen LogP) is 3.46. The number of nitrogens with one attached hydrogen (secondary N) is 2. The zero-order valence-electron chi connectivity index (χ0n) is 14.3. The molecule has 6 heteroatoms. The van der Waals surface area contributed by atoms with Crippen molar-refractivity contribution in [1.29, 1.82) is 5.26 Å². The predicted molar refractivity (Wildman–Crippen MR) is 93.8 cm³/mol. The third-order valence-corrected chi connectivity index (χ3v) is 4.25. The topological polar surface area (TPSA) is 90.8 Å². The van der Waals surface area contributed by atoms with E-state index in [0.717, 1.165) is 23.2 Å². The molecule has 2 aromatic rings. The minimum absolute atomic E-state index is 0.298. The fourth-order valence-corrected chi connectivity index (χ4v) is 3.23. The zero-order valence-corrected chi connectivity index (χ0v) is 14.3. The molecule has 1 unspecified atom stereocenters. The first kappa shape index (κ1) is 16.8. The van der Waals surface area contributed by atoms with E-state index in [1.54, 1.807) is 19.2 Å². The molecule has 6 nitrogen and oxygen atoms in total. The molecule has 0 spiro atoms. The summed E-state index contributed by atoms with van der Waals surface area (Å²) < 4.78 is 5.32. The Balaban J connectivity index is 2.23. The van der Waals surface area contributed by atoms with E-state index in [1.165, 1.54) is 0 Å². The third kappa shape index (κ3) is 3.01. The van der Waals surface area contributed by atoms with Gasteiger partial charge in [0, 0.05) is 23.4 Å². The lowest BCUT2D eigenvalue weighted by Gasteiger charge is -2.28. The van der Waals surface area contributed by atoms with Crippen molar-refractivity contribution in [2.75, 3.05) is 11.9 Å². The van der Waals surface area contributed by atoms with Crippen molar-refractivity contribution < 1.29 is 9.53 Å². The van der Waals surface area contributed by atoms with Gasteiger partial charge in [-0.2, -0.15) is 10.4 Å². The number of rotatable bonds is 5. The van der Waals surface area contributed by atoms with Crippen LogP contribution in [0.2, 0.25) is 0 Å². The molecule has 0 aliphatic carbocycles. The standard InChI is InChI=1S/C19H20N4O2/c1-3-7-15-17(19(24)25-4-2)16(14-11-21-23-18(14)22-15)13-9-6-5-8-12(13)10-20/h5-6,8-9,11,16H,3-4,7H2,1-2H3,(H2,21,22,23). The van der Waals surface area contributed by atoms with Crippen LogP contribution in [0.3, 0.4) is 0 Å². The number of hydrogen-bond acceptors (Lipinski definition) is 5. The number of carbonyl (C=O) groups is 1. The van der Waals surface area contributed by atoms with Crippen LogP contribution in [0.5, 0.6) is 0 Å². The molecule has 1 aromatic heterocycles. The van der Waals surface area contributed by atoms with Gasteiger partial charge >= 0.3 is 5.97 Å². The zero-order chi connectivity index (χ0) is 17.8. The SMILES string of the molecule is CCCC1=C(C(=O)OCC)C(c2ccccc2C#N)c2c[nH]nc2N1. The number of aromatic nitrogens is 2. The second-order valence-electron chi connectivity index (χ2n) is 5.81. The van der Waals surface area contributed by atoms with Gasteiger partial charge in [0.05, 0.1) is 23.8 Å². The van der Waals surface area contributed by atoms with Crippen molar-refractivity contribution >= 4 is 11.8 Å². The van der Waals surface area contributed by atoms with Crippen LogP contribution >= 0.6 is 0 Å². The molecular formula is C19H20N4O2. The number of hydrogen-bond donors (Lipinski definition) is 2. The van der Waals surface area contributed by atoms with Gasteiger partial charge < -0.3 is 10.1 Å². The number of ether oxygens (including phenoxy) is 1. The summed E-state index contributed by atoms with van der Waals surface area (Å²) in [4.78, 5) is 12.8. The van der Waals surface area contributed by atoms with Gasteiger partial charge in [-0.3, -0.25) is 5.10 Å². The van der Waals surface area contributed by atoms with Crippen molar-refractivity contribution in [2.24, 2.45) is 0 Å². The van der Waals surface area contributed by atoms with Gasteiger partial charge in [-0.25, -0.2) is 4.79 Å². The fourth-order valence-electron chi connectivity index (χ4n) is 3.23. The summed E-state index contributed by atoms with van der Waals surface area (Å²) in [5, 5.41) is 19.9. The van der Waals surface area contributed by atoms with Gasteiger partial charge in [0.25, 0.3) is 0 Å². The Bertz CT molecular complexity index is 860. The van der Waals surface area contributed by atoms with E-state index in [2.05, 4.69) is 28.5 Å². The number of allylic oxidation sites excluding steroid dienone is 1. The molecule has 0 saturated carbocycles. The molecule has 0 amide bonds. The second-order valence-corrected chi connectivity index (χ2v) is 5.81. The quantitative estimate of drug-likeness (QED) is 0.816. The lowest BCUT2D eigenvalue weighted by Crippen LogP contribution is -2.25.